The van der Waals surface area contributed by atoms with Crippen LogP contribution in [0.25, 0.3) is 22.0 Å². The molecule has 0 fully saturated rings. The zero-order chi connectivity index (χ0) is 17.2. The number of anilines is 2. The van der Waals surface area contributed by atoms with E-state index < -0.39 is 0 Å². The minimum Gasteiger partial charge on any atom is -0.361 e. The van der Waals surface area contributed by atoms with Gasteiger partial charge in [0.25, 0.3) is 0 Å². The van der Waals surface area contributed by atoms with Crippen LogP contribution >= 0.6 is 15.9 Å². The van der Waals surface area contributed by atoms with Gasteiger partial charge in [0.15, 0.2) is 0 Å². The number of halogens is 1. The molecule has 4 rings (SSSR count). The van der Waals surface area contributed by atoms with E-state index in [0.29, 0.717) is 5.56 Å². The Morgan fingerprint density at radius 2 is 1.88 bits per heavy atom. The Hall–Kier alpha value is -3.10. The maximum Gasteiger partial charge on any atom is 0.103 e. The molecule has 0 bridgehead atoms. The number of nitrogens with one attached hydrogen (secondary N) is 2. The van der Waals surface area contributed by atoms with Gasteiger partial charge in [0.2, 0.25) is 0 Å². The van der Waals surface area contributed by atoms with Crippen molar-refractivity contribution in [1.82, 2.24) is 9.97 Å². The molecular weight excluding hydrogens is 376 g/mol. The van der Waals surface area contributed by atoms with Crippen molar-refractivity contribution in [3.05, 3.63) is 77.2 Å². The van der Waals surface area contributed by atoms with Crippen molar-refractivity contribution in [3.8, 4) is 17.2 Å². The van der Waals surface area contributed by atoms with Gasteiger partial charge in [0.1, 0.15) is 6.07 Å². The summed E-state index contributed by atoms with van der Waals surface area (Å²) >= 11 is 3.59. The van der Waals surface area contributed by atoms with Gasteiger partial charge < -0.3 is 10.3 Å². The number of pyridine rings is 1. The quantitative estimate of drug-likeness (QED) is 0.479. The van der Waals surface area contributed by atoms with Crippen LogP contribution in [0.3, 0.4) is 0 Å². The Kier molecular flexibility index (Phi) is 3.96. The van der Waals surface area contributed by atoms with Crippen LogP contribution in [-0.4, -0.2) is 9.97 Å². The first-order valence-electron chi connectivity index (χ1n) is 7.74. The predicted molar refractivity (Wildman–Crippen MR) is 104 cm³/mol. The molecule has 0 aliphatic carbocycles. The number of hydrogen-bond donors (Lipinski definition) is 2. The van der Waals surface area contributed by atoms with Crippen LogP contribution in [0, 0.1) is 11.3 Å². The lowest BCUT2D eigenvalue weighted by Gasteiger charge is -2.15. The van der Waals surface area contributed by atoms with E-state index in [1.54, 1.807) is 12.4 Å². The second-order valence-electron chi connectivity index (χ2n) is 5.57. The minimum atomic E-state index is 0.501. The number of rotatable bonds is 3. The van der Waals surface area contributed by atoms with Crippen LogP contribution in [0.4, 0.5) is 11.4 Å². The molecule has 4 nitrogen and oxygen atoms in total. The topological polar surface area (TPSA) is 64.5 Å². The first-order valence-corrected chi connectivity index (χ1v) is 8.53. The third-order valence-electron chi connectivity index (χ3n) is 4.09. The lowest BCUT2D eigenvalue weighted by molar-refractivity contribution is 1.30. The summed E-state index contributed by atoms with van der Waals surface area (Å²) in [5.74, 6) is 0. The van der Waals surface area contributed by atoms with E-state index in [1.165, 1.54) is 0 Å². The highest BCUT2D eigenvalue weighted by Gasteiger charge is 2.14. The summed E-state index contributed by atoms with van der Waals surface area (Å²) in [6.07, 6.45) is 5.27. The van der Waals surface area contributed by atoms with E-state index in [1.807, 2.05) is 54.7 Å². The Bertz CT molecular complexity index is 1110. The summed E-state index contributed by atoms with van der Waals surface area (Å²) in [5.41, 5.74) is 5.09. The highest BCUT2D eigenvalue weighted by molar-refractivity contribution is 9.10. The van der Waals surface area contributed by atoms with Crippen molar-refractivity contribution >= 4 is 38.2 Å². The van der Waals surface area contributed by atoms with E-state index in [-0.39, 0.29) is 0 Å². The van der Waals surface area contributed by atoms with Crippen LogP contribution in [0.2, 0.25) is 0 Å². The Morgan fingerprint density at radius 1 is 1.00 bits per heavy atom. The fourth-order valence-electron chi connectivity index (χ4n) is 2.89. The molecule has 4 aromatic rings. The Balaban J connectivity index is 1.91. The van der Waals surface area contributed by atoms with Gasteiger partial charge in [0, 0.05) is 45.2 Å². The average Bonchev–Trinajstić information content (AvgIpc) is 3.12. The molecule has 0 aliphatic rings. The van der Waals surface area contributed by atoms with Crippen LogP contribution < -0.4 is 5.32 Å². The number of fused-ring (bicyclic) bond motifs is 1. The Labute approximate surface area is 153 Å². The molecule has 2 aromatic carbocycles. The molecule has 0 radical (unpaired) electrons. The van der Waals surface area contributed by atoms with Crippen molar-refractivity contribution in [3.63, 3.8) is 0 Å². The molecule has 5 heteroatoms. The van der Waals surface area contributed by atoms with E-state index in [2.05, 4.69) is 37.3 Å². The van der Waals surface area contributed by atoms with Gasteiger partial charge >= 0.3 is 0 Å². The van der Waals surface area contributed by atoms with Crippen molar-refractivity contribution in [1.29, 1.82) is 5.26 Å². The average molecular weight is 389 g/mol. The second kappa shape index (κ2) is 6.42. The number of aromatic amines is 1. The smallest absolute Gasteiger partial charge is 0.103 e. The fraction of sp³-hybridized carbons (Fsp3) is 0. The standard InChI is InChI=1S/C20H13BrN4/c21-17-5-2-1-4-14(17)16-12-23-11-13(10-22)20(16)25-19-7-3-6-18-15(19)8-9-24-18/h1-9,11-12,24H,(H,23,25). The molecule has 2 heterocycles. The minimum absolute atomic E-state index is 0.501. The molecule has 0 spiro atoms. The van der Waals surface area contributed by atoms with Crippen molar-refractivity contribution in [2.75, 3.05) is 5.32 Å². The van der Waals surface area contributed by atoms with Gasteiger partial charge in [-0.15, -0.1) is 0 Å². The zero-order valence-electron chi connectivity index (χ0n) is 13.1. The molecule has 0 atom stereocenters. The van der Waals surface area contributed by atoms with Gasteiger partial charge in [-0.1, -0.05) is 40.2 Å². The van der Waals surface area contributed by atoms with Gasteiger partial charge in [-0.3, -0.25) is 4.98 Å². The lowest BCUT2D eigenvalue weighted by Crippen LogP contribution is -1.98. The third-order valence-corrected chi connectivity index (χ3v) is 4.78. The second-order valence-corrected chi connectivity index (χ2v) is 6.43. The first-order chi connectivity index (χ1) is 12.3. The van der Waals surface area contributed by atoms with Crippen LogP contribution in [0.1, 0.15) is 5.56 Å². The zero-order valence-corrected chi connectivity index (χ0v) is 14.7. The molecule has 0 saturated heterocycles. The van der Waals surface area contributed by atoms with Crippen LogP contribution in [0.5, 0.6) is 0 Å². The highest BCUT2D eigenvalue weighted by atomic mass is 79.9. The summed E-state index contributed by atoms with van der Waals surface area (Å²) in [7, 11) is 0. The molecular formula is C20H13BrN4. The molecule has 25 heavy (non-hydrogen) atoms. The van der Waals surface area contributed by atoms with Crippen molar-refractivity contribution in [2.24, 2.45) is 0 Å². The van der Waals surface area contributed by atoms with Crippen LogP contribution in [0.15, 0.2) is 71.6 Å². The monoisotopic (exact) mass is 388 g/mol. The number of benzene rings is 2. The lowest BCUT2D eigenvalue weighted by atomic mass is 10.0. The third kappa shape index (κ3) is 2.77. The van der Waals surface area contributed by atoms with E-state index in [0.717, 1.165) is 37.9 Å². The number of H-pyrrole nitrogens is 1. The summed E-state index contributed by atoms with van der Waals surface area (Å²) in [6.45, 7) is 0. The van der Waals surface area contributed by atoms with Gasteiger partial charge in [-0.25, -0.2) is 0 Å². The maximum atomic E-state index is 9.56. The number of aromatic nitrogens is 2. The van der Waals surface area contributed by atoms with Crippen LogP contribution in [-0.2, 0) is 0 Å². The first kappa shape index (κ1) is 15.4. The van der Waals surface area contributed by atoms with Gasteiger partial charge in [-0.05, 0) is 29.8 Å². The number of nitriles is 1. The predicted octanol–water partition coefficient (Wildman–Crippen LogP) is 5.61. The summed E-state index contributed by atoms with van der Waals surface area (Å²) in [4.78, 5) is 7.44. The van der Waals surface area contributed by atoms with Crippen molar-refractivity contribution in [2.45, 2.75) is 0 Å². The largest absolute Gasteiger partial charge is 0.361 e. The fourth-order valence-corrected chi connectivity index (χ4v) is 3.39. The van der Waals surface area contributed by atoms with Gasteiger partial charge in [0.05, 0.1) is 11.3 Å². The highest BCUT2D eigenvalue weighted by Crippen LogP contribution is 2.37. The molecule has 0 amide bonds. The molecule has 0 unspecified atom stereocenters. The normalized spacial score (nSPS) is 10.6. The van der Waals surface area contributed by atoms with E-state index in [9.17, 15) is 5.26 Å². The molecule has 0 saturated carbocycles. The summed E-state index contributed by atoms with van der Waals surface area (Å²) in [5, 5.41) is 14.1. The Morgan fingerprint density at radius 3 is 2.72 bits per heavy atom. The van der Waals surface area contributed by atoms with E-state index >= 15 is 0 Å². The van der Waals surface area contributed by atoms with E-state index in [4.69, 9.17) is 0 Å². The van der Waals surface area contributed by atoms with Crippen molar-refractivity contribution < 1.29 is 0 Å². The molecule has 120 valence electrons. The van der Waals surface area contributed by atoms with Gasteiger partial charge in [-0.2, -0.15) is 5.26 Å². The summed E-state index contributed by atoms with van der Waals surface area (Å²) in [6, 6.07) is 18.2. The maximum absolute atomic E-state index is 9.56. The SMILES string of the molecule is N#Cc1cncc(-c2ccccc2Br)c1Nc1cccc2[nH]ccc12. The molecule has 2 aromatic heterocycles. The molecule has 2 N–H and O–H groups in total. The molecule has 0 aliphatic heterocycles. The summed E-state index contributed by atoms with van der Waals surface area (Å²) < 4.78 is 0.954. The number of hydrogen-bond acceptors (Lipinski definition) is 3. The number of nitrogens with zero attached hydrogens (tertiary/aromatic N) is 2.